The topological polar surface area (TPSA) is 136 Å². The number of ether oxygens (including phenoxy) is 4. The Hall–Kier alpha value is -0.816. The van der Waals surface area contributed by atoms with E-state index in [4.69, 9.17) is 19.5 Å². The molecule has 1 unspecified atom stereocenters. The maximum Gasteiger partial charge on any atom is 0.407 e. The molecule has 1 amide bonds. The van der Waals surface area contributed by atoms with E-state index in [1.165, 1.54) is 116 Å². The van der Waals surface area contributed by atoms with Gasteiger partial charge in [-0.2, -0.15) is 0 Å². The molecule has 0 aromatic carbocycles. The second kappa shape index (κ2) is 126. The number of nitrogens with zero attached hydrogens (tertiary/aromatic N) is 1. The van der Waals surface area contributed by atoms with Gasteiger partial charge in [-0.25, -0.2) is 9.68 Å². The number of allylic oxidation sites excluding steroid dienone is 1. The van der Waals surface area contributed by atoms with E-state index < -0.39 is 6.09 Å². The molecule has 3 N–H and O–H groups in total. The third kappa shape index (κ3) is 171. The van der Waals surface area contributed by atoms with Crippen LogP contribution in [0.1, 0.15) is 352 Å². The Kier molecular flexibility index (Phi) is 172. The standard InChI is InChI=1S/C33H63NO6.C7H17NO2.C5H12.7C3H8.C2H6O.C2H6.Y/c1-5-7-9-11-14-18-22-31(23-19-15-12-10-8-6-2)40-32(36)24-20-16-13-17-21-25-34-33(37)39-28-30(26-35)27-38-29(3)4;1-3-8(4-2)6-5-7-10-9;1-4-5(2)3;8*1-3-2;1-2;/h30-31,35H,3,5-28H2,1-2,4H3,(H,34,37);9H,3-7H2,1-2H3;5H,4H2,1-3H3;7*3H2,1-2H3;1-2H3;1-2H3;. The Morgan fingerprint density at radius 3 is 1.18 bits per heavy atom. The summed E-state index contributed by atoms with van der Waals surface area (Å²) in [4.78, 5) is 30.6. The number of methoxy groups -OCH3 is 1. The van der Waals surface area contributed by atoms with Crippen molar-refractivity contribution in [1.29, 1.82) is 0 Å². The van der Waals surface area contributed by atoms with E-state index in [0.29, 0.717) is 25.3 Å². The average Bonchev–Trinajstić information content (AvgIpc) is 3.43. The van der Waals surface area contributed by atoms with E-state index in [-0.39, 0.29) is 70.5 Å². The van der Waals surface area contributed by atoms with Crippen molar-refractivity contribution in [2.45, 2.75) is 358 Å². The van der Waals surface area contributed by atoms with Gasteiger partial charge in [-0.15, -0.1) is 0 Å². The Morgan fingerprint density at radius 1 is 0.537 bits per heavy atom. The van der Waals surface area contributed by atoms with Gasteiger partial charge >= 0.3 is 12.1 Å². The maximum atomic E-state index is 12.5. The molecule has 0 fully saturated rings. The number of nitrogens with one attached hydrogen (secondary N) is 1. The van der Waals surface area contributed by atoms with Crippen molar-refractivity contribution in [3.05, 3.63) is 12.3 Å². The monoisotopic (exact) mass is 1260 g/mol. The minimum Gasteiger partial charge on any atom is -0.498 e. The molecular formula is C70H160N2O9Y. The van der Waals surface area contributed by atoms with Crippen molar-refractivity contribution >= 4 is 12.1 Å². The molecule has 0 spiro atoms. The SMILES string of the molecule is C=C(C)OCC(CO)COC(=O)NCCCCCCCC(=O)OC(CCCCCCCC)CCCCCCCC.CC.CCC.CCC.CCC.CCC.CCC.CCC.CCC.CCC(C)C.CCN(CC)CCCOO.COC.[Y]. The smallest absolute Gasteiger partial charge is 0.407 e. The predicted octanol–water partition coefficient (Wildman–Crippen LogP) is 23.1. The van der Waals surface area contributed by atoms with Crippen LogP contribution in [0.2, 0.25) is 0 Å². The Labute approximate surface area is 544 Å². The van der Waals surface area contributed by atoms with Gasteiger partial charge in [0.1, 0.15) is 12.7 Å². The van der Waals surface area contributed by atoms with Gasteiger partial charge in [0, 0.05) is 66.4 Å². The van der Waals surface area contributed by atoms with Crippen LogP contribution in [0.3, 0.4) is 0 Å². The second-order valence-electron chi connectivity index (χ2n) is 20.7. The van der Waals surface area contributed by atoms with E-state index >= 15 is 0 Å². The van der Waals surface area contributed by atoms with Crippen molar-refractivity contribution in [3.63, 3.8) is 0 Å². The van der Waals surface area contributed by atoms with Gasteiger partial charge < -0.3 is 34.3 Å². The summed E-state index contributed by atoms with van der Waals surface area (Å²) in [5.74, 6) is 1.14. The zero-order chi connectivity index (χ0) is 65.4. The minimum atomic E-state index is -0.479. The summed E-state index contributed by atoms with van der Waals surface area (Å²) < 4.78 is 20.6. The first kappa shape index (κ1) is 112. The number of hydrogen-bond donors (Lipinski definition) is 3. The van der Waals surface area contributed by atoms with Crippen molar-refractivity contribution < 1.29 is 76.5 Å². The van der Waals surface area contributed by atoms with E-state index in [9.17, 15) is 14.7 Å². The van der Waals surface area contributed by atoms with Crippen LogP contribution in [-0.2, 0) is 61.3 Å². The van der Waals surface area contributed by atoms with Crippen LogP contribution < -0.4 is 5.32 Å². The zero-order valence-corrected chi connectivity index (χ0v) is 64.2. The first-order chi connectivity index (χ1) is 38.9. The Bertz CT molecular complexity index is 907. The molecule has 1 radical (unpaired) electrons. The normalized spacial score (nSPS) is 9.50. The number of alkyl carbamates (subject to hydrolysis) is 1. The third-order valence-corrected chi connectivity index (χ3v) is 9.58. The van der Waals surface area contributed by atoms with Gasteiger partial charge in [0.2, 0.25) is 0 Å². The minimum absolute atomic E-state index is 0. The second-order valence-corrected chi connectivity index (χ2v) is 20.7. The number of aliphatic hydroxyl groups excluding tert-OH is 1. The molecule has 12 heteroatoms. The first-order valence-electron chi connectivity index (χ1n) is 34.2. The van der Waals surface area contributed by atoms with Crippen LogP contribution in [0.5, 0.6) is 0 Å². The predicted molar refractivity (Wildman–Crippen MR) is 366 cm³/mol. The van der Waals surface area contributed by atoms with Crippen LogP contribution in [0, 0.1) is 11.8 Å². The van der Waals surface area contributed by atoms with Crippen molar-refractivity contribution in [2.75, 3.05) is 66.8 Å². The fraction of sp³-hybridized carbons (Fsp3) is 0.943. The van der Waals surface area contributed by atoms with Gasteiger partial charge in [0.15, 0.2) is 0 Å². The molecule has 0 saturated carbocycles. The van der Waals surface area contributed by atoms with Gasteiger partial charge in [-0.3, -0.25) is 10.1 Å². The van der Waals surface area contributed by atoms with Crippen LogP contribution in [-0.4, -0.2) is 100 Å². The van der Waals surface area contributed by atoms with Crippen LogP contribution in [0.25, 0.3) is 0 Å². The molecule has 0 saturated heterocycles. The zero-order valence-electron chi connectivity index (χ0n) is 61.4. The number of carbonyl (C=O) groups excluding carboxylic acids is 2. The molecule has 0 heterocycles. The average molecular weight is 1260 g/mol. The molecule has 0 aromatic heterocycles. The van der Waals surface area contributed by atoms with Gasteiger partial charge in [0.25, 0.3) is 0 Å². The van der Waals surface area contributed by atoms with Crippen molar-refractivity contribution in [1.82, 2.24) is 10.2 Å². The van der Waals surface area contributed by atoms with Crippen LogP contribution >= 0.6 is 0 Å². The van der Waals surface area contributed by atoms with Gasteiger partial charge in [-0.05, 0) is 70.9 Å². The summed E-state index contributed by atoms with van der Waals surface area (Å²) in [6.07, 6.45) is 32.9. The third-order valence-electron chi connectivity index (χ3n) is 9.58. The number of hydrogen-bond acceptors (Lipinski definition) is 10. The first-order valence-corrected chi connectivity index (χ1v) is 34.2. The molecule has 0 aromatic rings. The summed E-state index contributed by atoms with van der Waals surface area (Å²) in [7, 11) is 3.25. The quantitative estimate of drug-likeness (QED) is 0.0183. The molecule has 0 bridgehead atoms. The number of carbonyl (C=O) groups is 2. The number of unbranched alkanes of at least 4 members (excludes halogenated alkanes) is 14. The summed E-state index contributed by atoms with van der Waals surface area (Å²) in [5.41, 5.74) is 0. The van der Waals surface area contributed by atoms with E-state index in [2.05, 4.69) is 172 Å². The number of rotatable bonds is 36. The van der Waals surface area contributed by atoms with Crippen molar-refractivity contribution in [2.24, 2.45) is 11.8 Å². The van der Waals surface area contributed by atoms with Gasteiger partial charge in [-0.1, -0.05) is 301 Å². The van der Waals surface area contributed by atoms with E-state index in [1.807, 2.05) is 13.8 Å². The molecule has 0 aliphatic heterocycles. The Morgan fingerprint density at radius 2 is 0.866 bits per heavy atom. The van der Waals surface area contributed by atoms with Gasteiger partial charge in [0.05, 0.1) is 31.5 Å². The summed E-state index contributed by atoms with van der Waals surface area (Å²) in [6, 6.07) is 0. The largest absolute Gasteiger partial charge is 0.498 e. The summed E-state index contributed by atoms with van der Waals surface area (Å²) >= 11 is 0. The molecule has 11 nitrogen and oxygen atoms in total. The molecular weight excluding hydrogens is 1100 g/mol. The molecule has 82 heavy (non-hydrogen) atoms. The van der Waals surface area contributed by atoms with E-state index in [1.54, 1.807) is 21.1 Å². The van der Waals surface area contributed by atoms with Crippen molar-refractivity contribution in [3.8, 4) is 0 Å². The fourth-order valence-electron chi connectivity index (χ4n) is 5.48. The molecule has 1 atom stereocenters. The maximum absolute atomic E-state index is 12.5. The molecule has 0 aliphatic rings. The molecule has 0 rings (SSSR count). The summed E-state index contributed by atoms with van der Waals surface area (Å²) in [6.45, 7) is 58.9. The van der Waals surface area contributed by atoms with Crippen LogP contribution in [0.4, 0.5) is 4.79 Å². The number of esters is 1. The number of amides is 1. The number of aliphatic hydroxyl groups is 1. The fourth-order valence-corrected chi connectivity index (χ4v) is 5.48. The molecule has 507 valence electrons. The Balaban J connectivity index is -0.0000000828. The summed E-state index contributed by atoms with van der Waals surface area (Å²) in [5, 5.41) is 20.1. The molecule has 0 aliphatic carbocycles. The van der Waals surface area contributed by atoms with E-state index in [0.717, 1.165) is 89.8 Å². The van der Waals surface area contributed by atoms with Crippen LogP contribution in [0.15, 0.2) is 12.3 Å².